The Morgan fingerprint density at radius 2 is 1.69 bits per heavy atom. The molecular weight excluding hydrogens is 384 g/mol. The average molecular weight is 411 g/mol. The van der Waals surface area contributed by atoms with Crippen LogP contribution in [0.2, 0.25) is 0 Å². The van der Waals surface area contributed by atoms with Crippen LogP contribution in [0.25, 0.3) is 0 Å². The molecule has 1 heterocycles. The first-order chi connectivity index (χ1) is 14.0. The Hall–Kier alpha value is -2.47. The summed E-state index contributed by atoms with van der Waals surface area (Å²) in [6, 6.07) is 16.7. The number of hydrogen-bond donors (Lipinski definition) is 2. The van der Waals surface area contributed by atoms with Crippen molar-refractivity contribution < 1.29 is 14.7 Å². The first kappa shape index (κ1) is 19.8. The number of likely N-dealkylation sites (tertiary alicyclic amines) is 1. The summed E-state index contributed by atoms with van der Waals surface area (Å²) in [5.74, 6) is 0.195. The number of hydrogen-bond acceptors (Lipinski definition) is 4. The highest BCUT2D eigenvalue weighted by Crippen LogP contribution is 2.51. The van der Waals surface area contributed by atoms with Crippen LogP contribution in [-0.2, 0) is 0 Å². The maximum absolute atomic E-state index is 12.6. The average Bonchev–Trinajstić information content (AvgIpc) is 3.52. The van der Waals surface area contributed by atoms with Gasteiger partial charge in [0, 0.05) is 40.8 Å². The van der Waals surface area contributed by atoms with Gasteiger partial charge < -0.3 is 15.3 Å². The zero-order chi connectivity index (χ0) is 20.3. The smallest absolute Gasteiger partial charge is 0.317 e. The molecule has 1 aliphatic carbocycles. The number of nitrogens with one attached hydrogen (secondary N) is 1. The van der Waals surface area contributed by atoms with Crippen LogP contribution in [0, 0.1) is 5.92 Å². The molecule has 152 valence electrons. The Balaban J connectivity index is 1.24. The molecule has 2 aromatic carbocycles. The van der Waals surface area contributed by atoms with Crippen LogP contribution < -0.4 is 5.32 Å². The van der Waals surface area contributed by atoms with Gasteiger partial charge in [-0.25, -0.2) is 4.79 Å². The number of carbonyl (C=O) groups is 2. The summed E-state index contributed by atoms with van der Waals surface area (Å²) in [6.07, 6.45) is 3.60. The molecule has 5 nitrogen and oxygen atoms in total. The highest BCUT2D eigenvalue weighted by molar-refractivity contribution is 8.01. The molecule has 0 bridgehead atoms. The lowest BCUT2D eigenvalue weighted by atomic mass is 9.89. The molecular formula is C23H26N2O3S. The third-order valence-electron chi connectivity index (χ3n) is 5.75. The van der Waals surface area contributed by atoms with E-state index < -0.39 is 0 Å². The molecule has 0 spiro atoms. The van der Waals surface area contributed by atoms with Crippen molar-refractivity contribution in [3.05, 3.63) is 60.2 Å². The van der Waals surface area contributed by atoms with Crippen molar-refractivity contribution in [1.29, 1.82) is 0 Å². The van der Waals surface area contributed by atoms with Crippen LogP contribution in [0.5, 0.6) is 5.75 Å². The molecule has 0 radical (unpaired) electrons. The van der Waals surface area contributed by atoms with E-state index in [1.807, 2.05) is 34.9 Å². The van der Waals surface area contributed by atoms with Crippen LogP contribution >= 0.6 is 11.8 Å². The highest BCUT2D eigenvalue weighted by atomic mass is 32.2. The number of phenols is 1. The fourth-order valence-corrected chi connectivity index (χ4v) is 4.99. The van der Waals surface area contributed by atoms with Crippen LogP contribution in [0.15, 0.2) is 59.5 Å². The fraction of sp³-hybridized carbons (Fsp3) is 0.391. The Kier molecular flexibility index (Phi) is 5.81. The number of nitrogens with zero attached hydrogens (tertiary/aromatic N) is 1. The van der Waals surface area contributed by atoms with Crippen molar-refractivity contribution >= 4 is 23.6 Å². The predicted octanol–water partition coefficient (Wildman–Crippen LogP) is 4.32. The number of Topliss-reactive ketones (excluding diaryl/α,β-unsaturated/α-hetero) is 1. The maximum atomic E-state index is 12.6. The third-order valence-corrected chi connectivity index (χ3v) is 7.25. The van der Waals surface area contributed by atoms with Crippen molar-refractivity contribution in [2.24, 2.45) is 5.92 Å². The van der Waals surface area contributed by atoms with Crippen molar-refractivity contribution in [2.75, 3.05) is 19.6 Å². The number of thioether (sulfide) groups is 1. The minimum atomic E-state index is -0.0630. The summed E-state index contributed by atoms with van der Waals surface area (Å²) in [6.45, 7) is 1.87. The van der Waals surface area contributed by atoms with Gasteiger partial charge in [0.15, 0.2) is 5.78 Å². The monoisotopic (exact) mass is 410 g/mol. The van der Waals surface area contributed by atoms with Gasteiger partial charge >= 0.3 is 6.03 Å². The molecule has 1 aliphatic heterocycles. The van der Waals surface area contributed by atoms with E-state index in [-0.39, 0.29) is 28.2 Å². The third kappa shape index (κ3) is 4.93. The summed E-state index contributed by atoms with van der Waals surface area (Å²) in [7, 11) is 0. The molecule has 0 unspecified atom stereocenters. The summed E-state index contributed by atoms with van der Waals surface area (Å²) >= 11 is 1.85. The number of phenolic OH excluding ortho intramolecular Hbond substituents is 1. The molecule has 6 heteroatoms. The van der Waals surface area contributed by atoms with E-state index in [1.165, 1.54) is 17.0 Å². The van der Waals surface area contributed by atoms with Gasteiger partial charge in [-0.15, -0.1) is 11.8 Å². The zero-order valence-electron chi connectivity index (χ0n) is 16.3. The number of carbonyl (C=O) groups excluding carboxylic acids is 2. The van der Waals surface area contributed by atoms with Crippen molar-refractivity contribution in [2.45, 2.75) is 35.3 Å². The zero-order valence-corrected chi connectivity index (χ0v) is 17.2. The molecule has 1 saturated heterocycles. The number of piperidine rings is 1. The van der Waals surface area contributed by atoms with Gasteiger partial charge in [0.1, 0.15) is 5.75 Å². The minimum absolute atomic E-state index is 0.0273. The van der Waals surface area contributed by atoms with E-state index in [1.54, 1.807) is 12.1 Å². The number of rotatable bonds is 6. The number of urea groups is 1. The second-order valence-corrected chi connectivity index (χ2v) is 9.47. The first-order valence-corrected chi connectivity index (χ1v) is 11.0. The number of ketones is 1. The Labute approximate surface area is 175 Å². The van der Waals surface area contributed by atoms with E-state index in [0.717, 1.165) is 12.8 Å². The lowest BCUT2D eigenvalue weighted by molar-refractivity contribution is 0.0854. The van der Waals surface area contributed by atoms with Crippen molar-refractivity contribution in [1.82, 2.24) is 10.2 Å². The summed E-state index contributed by atoms with van der Waals surface area (Å²) in [4.78, 5) is 28.3. The van der Waals surface area contributed by atoms with Crippen LogP contribution in [-0.4, -0.2) is 46.2 Å². The topological polar surface area (TPSA) is 69.6 Å². The van der Waals surface area contributed by atoms with Gasteiger partial charge in [0.25, 0.3) is 0 Å². The van der Waals surface area contributed by atoms with Crippen LogP contribution in [0.1, 0.15) is 36.0 Å². The fourth-order valence-electron chi connectivity index (χ4n) is 3.75. The van der Waals surface area contributed by atoms with Crippen molar-refractivity contribution in [3.8, 4) is 5.75 Å². The normalized spacial score (nSPS) is 18.3. The molecule has 29 heavy (non-hydrogen) atoms. The van der Waals surface area contributed by atoms with E-state index >= 15 is 0 Å². The largest absolute Gasteiger partial charge is 0.508 e. The summed E-state index contributed by atoms with van der Waals surface area (Å²) in [5, 5.41) is 12.5. The molecule has 0 atom stereocenters. The molecule has 0 aromatic heterocycles. The minimum Gasteiger partial charge on any atom is -0.508 e. The number of aromatic hydroxyl groups is 1. The van der Waals surface area contributed by atoms with Gasteiger partial charge in [0.05, 0.1) is 0 Å². The van der Waals surface area contributed by atoms with E-state index in [0.29, 0.717) is 38.0 Å². The Morgan fingerprint density at radius 1 is 1.03 bits per heavy atom. The van der Waals surface area contributed by atoms with Gasteiger partial charge in [-0.3, -0.25) is 4.79 Å². The molecule has 2 amide bonds. The molecule has 2 N–H and O–H groups in total. The standard InChI is InChI=1S/C23H26N2O3S/c26-19-8-6-17(7-9-19)21(27)18-10-14-25(15-11-18)22(28)24-16-23(12-13-23)29-20-4-2-1-3-5-20/h1-9,18,26H,10-16H2,(H,24,28). The van der Waals surface area contributed by atoms with Gasteiger partial charge in [-0.05, 0) is 62.1 Å². The van der Waals surface area contributed by atoms with Gasteiger partial charge in [0.2, 0.25) is 0 Å². The Bertz CT molecular complexity index is 857. The second kappa shape index (κ2) is 8.49. The van der Waals surface area contributed by atoms with Crippen LogP contribution in [0.3, 0.4) is 0 Å². The Morgan fingerprint density at radius 3 is 2.31 bits per heavy atom. The maximum Gasteiger partial charge on any atom is 0.317 e. The summed E-state index contributed by atoms with van der Waals surface area (Å²) in [5.41, 5.74) is 0.624. The number of amides is 2. The molecule has 2 fully saturated rings. The predicted molar refractivity (Wildman–Crippen MR) is 114 cm³/mol. The molecule has 4 rings (SSSR count). The highest BCUT2D eigenvalue weighted by Gasteiger charge is 2.44. The van der Waals surface area contributed by atoms with E-state index in [4.69, 9.17) is 0 Å². The van der Waals surface area contributed by atoms with Gasteiger partial charge in [-0.1, -0.05) is 18.2 Å². The van der Waals surface area contributed by atoms with Crippen LogP contribution in [0.4, 0.5) is 4.79 Å². The quantitative estimate of drug-likeness (QED) is 0.696. The van der Waals surface area contributed by atoms with Crippen molar-refractivity contribution in [3.63, 3.8) is 0 Å². The SMILES string of the molecule is O=C(c1ccc(O)cc1)C1CCN(C(=O)NCC2(Sc3ccccc3)CC2)CC1. The number of benzene rings is 2. The molecule has 1 saturated carbocycles. The second-order valence-electron chi connectivity index (χ2n) is 7.93. The van der Waals surface area contributed by atoms with E-state index in [2.05, 4.69) is 17.4 Å². The van der Waals surface area contributed by atoms with E-state index in [9.17, 15) is 14.7 Å². The molecule has 2 aromatic rings. The molecule has 2 aliphatic rings. The van der Waals surface area contributed by atoms with Gasteiger partial charge in [-0.2, -0.15) is 0 Å². The lowest BCUT2D eigenvalue weighted by Crippen LogP contribution is -2.47. The summed E-state index contributed by atoms with van der Waals surface area (Å²) < 4.78 is 0.129. The lowest BCUT2D eigenvalue weighted by Gasteiger charge is -2.32. The first-order valence-electron chi connectivity index (χ1n) is 10.1.